The van der Waals surface area contributed by atoms with Crippen LogP contribution in [0.2, 0.25) is 5.02 Å². The maximum atomic E-state index is 11.8. The van der Waals surface area contributed by atoms with Crippen LogP contribution < -0.4 is 10.6 Å². The van der Waals surface area contributed by atoms with Crippen molar-refractivity contribution in [1.82, 2.24) is 10.6 Å². The van der Waals surface area contributed by atoms with Crippen molar-refractivity contribution in [3.63, 3.8) is 0 Å². The number of carbonyl (C=O) groups excluding carboxylic acids is 1. The average Bonchev–Trinajstić information content (AvgIpc) is 2.44. The van der Waals surface area contributed by atoms with Crippen LogP contribution in [0.3, 0.4) is 0 Å². The highest BCUT2D eigenvalue weighted by atomic mass is 35.5. The summed E-state index contributed by atoms with van der Waals surface area (Å²) in [7, 11) is 0. The van der Waals surface area contributed by atoms with Gasteiger partial charge in [0.25, 0.3) is 0 Å². The Morgan fingerprint density at radius 3 is 2.50 bits per heavy atom. The van der Waals surface area contributed by atoms with Gasteiger partial charge in [-0.3, -0.25) is 0 Å². The molecule has 1 atom stereocenters. The zero-order valence-corrected chi connectivity index (χ0v) is 13.5. The van der Waals surface area contributed by atoms with Crippen molar-refractivity contribution in [2.45, 2.75) is 24.6 Å². The lowest BCUT2D eigenvalue weighted by molar-refractivity contribution is 0.216. The molecule has 20 heavy (non-hydrogen) atoms. The molecule has 0 saturated heterocycles. The first-order chi connectivity index (χ1) is 9.38. The zero-order valence-electron chi connectivity index (χ0n) is 11.9. The fraction of sp³-hybridized carbons (Fsp3) is 0.500. The number of aliphatic hydroxyl groups excluding tert-OH is 1. The molecule has 3 N–H and O–H groups in total. The van der Waals surface area contributed by atoms with Crippen LogP contribution in [0.4, 0.5) is 4.79 Å². The van der Waals surface area contributed by atoms with Gasteiger partial charge in [0.1, 0.15) is 0 Å². The van der Waals surface area contributed by atoms with Crippen LogP contribution in [0.1, 0.15) is 25.5 Å². The number of aliphatic hydroxyl groups is 1. The van der Waals surface area contributed by atoms with Crippen molar-refractivity contribution in [2.75, 3.05) is 19.4 Å². The average molecular weight is 317 g/mol. The molecule has 1 rings (SSSR count). The molecule has 1 unspecified atom stereocenters. The fourth-order valence-electron chi connectivity index (χ4n) is 1.50. The Morgan fingerprint density at radius 2 is 2.00 bits per heavy atom. The Labute approximate surface area is 129 Å². The summed E-state index contributed by atoms with van der Waals surface area (Å²) in [4.78, 5) is 11.8. The molecule has 0 aliphatic heterocycles. The van der Waals surface area contributed by atoms with Gasteiger partial charge in [-0.1, -0.05) is 23.7 Å². The van der Waals surface area contributed by atoms with Gasteiger partial charge in [0.15, 0.2) is 0 Å². The number of hydrogen-bond donors (Lipinski definition) is 3. The highest BCUT2D eigenvalue weighted by Crippen LogP contribution is 2.19. The third-order valence-corrected chi connectivity index (χ3v) is 4.49. The number of nitrogens with one attached hydrogen (secondary N) is 2. The Bertz CT molecular complexity index is 437. The molecule has 4 nitrogen and oxygen atoms in total. The van der Waals surface area contributed by atoms with Crippen LogP contribution in [-0.4, -0.2) is 35.3 Å². The summed E-state index contributed by atoms with van der Waals surface area (Å²) in [5.41, 5.74) is 0.816. The Hall–Kier alpha value is -0.910. The van der Waals surface area contributed by atoms with E-state index in [9.17, 15) is 9.90 Å². The molecule has 0 saturated carbocycles. The molecule has 0 bridgehead atoms. The predicted octanol–water partition coefficient (Wildman–Crippen LogP) is 2.81. The number of thioether (sulfide) groups is 1. The zero-order chi connectivity index (χ0) is 15.2. The number of halogens is 1. The van der Waals surface area contributed by atoms with Crippen molar-refractivity contribution >= 4 is 29.4 Å². The van der Waals surface area contributed by atoms with Crippen molar-refractivity contribution in [1.29, 1.82) is 0 Å². The molecular weight excluding hydrogens is 296 g/mol. The van der Waals surface area contributed by atoms with E-state index in [1.54, 1.807) is 36.0 Å². The molecule has 0 aliphatic rings. The summed E-state index contributed by atoms with van der Waals surface area (Å²) in [6.45, 7) is 4.50. The van der Waals surface area contributed by atoms with E-state index in [0.29, 0.717) is 11.6 Å². The molecule has 1 aromatic carbocycles. The molecule has 6 heteroatoms. The topological polar surface area (TPSA) is 61.4 Å². The van der Waals surface area contributed by atoms with E-state index >= 15 is 0 Å². The Kier molecular flexibility index (Phi) is 6.65. The molecule has 0 spiro atoms. The SMILES string of the molecule is CSC(C)(C)CNC(=O)NC(CO)c1ccc(Cl)cc1. The summed E-state index contributed by atoms with van der Waals surface area (Å²) >= 11 is 7.50. The van der Waals surface area contributed by atoms with Crippen LogP contribution in [0.15, 0.2) is 24.3 Å². The van der Waals surface area contributed by atoms with Crippen LogP contribution in [0, 0.1) is 0 Å². The number of hydrogen-bond acceptors (Lipinski definition) is 3. The maximum Gasteiger partial charge on any atom is 0.315 e. The number of amides is 2. The lowest BCUT2D eigenvalue weighted by atomic mass is 10.1. The monoisotopic (exact) mass is 316 g/mol. The molecule has 1 aromatic rings. The van der Waals surface area contributed by atoms with Gasteiger partial charge in [0.2, 0.25) is 0 Å². The minimum atomic E-state index is -0.440. The third kappa shape index (κ3) is 5.61. The minimum absolute atomic E-state index is 0.0215. The van der Waals surface area contributed by atoms with Gasteiger partial charge < -0.3 is 15.7 Å². The van der Waals surface area contributed by atoms with E-state index in [2.05, 4.69) is 24.5 Å². The second kappa shape index (κ2) is 7.76. The third-order valence-electron chi connectivity index (χ3n) is 2.99. The lowest BCUT2D eigenvalue weighted by Gasteiger charge is -2.23. The first-order valence-corrected chi connectivity index (χ1v) is 7.94. The molecule has 0 fully saturated rings. The summed E-state index contributed by atoms with van der Waals surface area (Å²) in [6.07, 6.45) is 2.00. The minimum Gasteiger partial charge on any atom is -0.394 e. The summed E-state index contributed by atoms with van der Waals surface area (Å²) < 4.78 is -0.0215. The standard InChI is InChI=1S/C14H21ClN2O2S/c1-14(2,20-3)9-16-13(19)17-12(8-18)10-4-6-11(15)7-5-10/h4-7,12,18H,8-9H2,1-3H3,(H2,16,17,19). The quantitative estimate of drug-likeness (QED) is 0.756. The molecule has 0 aromatic heterocycles. The van der Waals surface area contributed by atoms with E-state index in [0.717, 1.165) is 5.56 Å². The van der Waals surface area contributed by atoms with Gasteiger partial charge in [0.05, 0.1) is 12.6 Å². The second-order valence-corrected chi connectivity index (χ2v) is 7.03. The summed E-state index contributed by atoms with van der Waals surface area (Å²) in [6, 6.07) is 6.31. The molecular formula is C14H21ClN2O2S. The van der Waals surface area contributed by atoms with E-state index in [-0.39, 0.29) is 17.4 Å². The Morgan fingerprint density at radius 1 is 1.40 bits per heavy atom. The van der Waals surface area contributed by atoms with E-state index in [1.165, 1.54) is 0 Å². The van der Waals surface area contributed by atoms with Crippen molar-refractivity contribution in [2.24, 2.45) is 0 Å². The van der Waals surface area contributed by atoms with E-state index in [4.69, 9.17) is 11.6 Å². The second-order valence-electron chi connectivity index (χ2n) is 5.08. The molecule has 112 valence electrons. The first kappa shape index (κ1) is 17.1. The highest BCUT2D eigenvalue weighted by Gasteiger charge is 2.18. The molecule has 0 heterocycles. The highest BCUT2D eigenvalue weighted by molar-refractivity contribution is 7.99. The number of urea groups is 1. The van der Waals surface area contributed by atoms with Crippen molar-refractivity contribution in [3.8, 4) is 0 Å². The molecule has 0 radical (unpaired) electrons. The maximum absolute atomic E-state index is 11.8. The number of carbonyl (C=O) groups is 1. The largest absolute Gasteiger partial charge is 0.394 e. The van der Waals surface area contributed by atoms with E-state index < -0.39 is 6.04 Å². The van der Waals surface area contributed by atoms with Crippen LogP contribution in [-0.2, 0) is 0 Å². The lowest BCUT2D eigenvalue weighted by Crippen LogP contribution is -2.44. The number of benzene rings is 1. The summed E-state index contributed by atoms with van der Waals surface area (Å²) in [5, 5.41) is 15.6. The number of rotatable bonds is 6. The van der Waals surface area contributed by atoms with Crippen molar-refractivity contribution in [3.05, 3.63) is 34.9 Å². The molecule has 0 aliphatic carbocycles. The van der Waals surface area contributed by atoms with Crippen LogP contribution >= 0.6 is 23.4 Å². The smallest absolute Gasteiger partial charge is 0.315 e. The van der Waals surface area contributed by atoms with Crippen molar-refractivity contribution < 1.29 is 9.90 Å². The van der Waals surface area contributed by atoms with Gasteiger partial charge in [-0.25, -0.2) is 4.79 Å². The first-order valence-electron chi connectivity index (χ1n) is 6.34. The van der Waals surface area contributed by atoms with Crippen LogP contribution in [0.25, 0.3) is 0 Å². The fourth-order valence-corrected chi connectivity index (χ4v) is 1.85. The summed E-state index contributed by atoms with van der Waals surface area (Å²) in [5.74, 6) is 0. The van der Waals surface area contributed by atoms with Gasteiger partial charge >= 0.3 is 6.03 Å². The normalized spacial score (nSPS) is 12.8. The molecule has 2 amide bonds. The van der Waals surface area contributed by atoms with Gasteiger partial charge in [0, 0.05) is 16.3 Å². The van der Waals surface area contributed by atoms with Gasteiger partial charge in [-0.2, -0.15) is 11.8 Å². The van der Waals surface area contributed by atoms with Gasteiger partial charge in [-0.05, 0) is 37.8 Å². The van der Waals surface area contributed by atoms with Gasteiger partial charge in [-0.15, -0.1) is 0 Å². The van der Waals surface area contributed by atoms with E-state index in [1.807, 2.05) is 6.26 Å². The predicted molar refractivity (Wildman–Crippen MR) is 85.4 cm³/mol. The van der Waals surface area contributed by atoms with Crippen LogP contribution in [0.5, 0.6) is 0 Å². The Balaban J connectivity index is 2.56.